The van der Waals surface area contributed by atoms with Crippen LogP contribution in [-0.4, -0.2) is 21.3 Å². The molecule has 1 N–H and O–H groups in total. The number of benzene rings is 1. The van der Waals surface area contributed by atoms with Crippen molar-refractivity contribution in [1.82, 2.24) is 9.55 Å². The van der Waals surface area contributed by atoms with Crippen LogP contribution in [0.1, 0.15) is 43.3 Å². The Morgan fingerprint density at radius 1 is 1.21 bits per heavy atom. The molecule has 0 aliphatic carbocycles. The molecule has 0 atom stereocenters. The number of aliphatic hydroxyl groups excluding tert-OH is 1. The van der Waals surface area contributed by atoms with E-state index < -0.39 is 0 Å². The van der Waals surface area contributed by atoms with Crippen molar-refractivity contribution in [3.63, 3.8) is 0 Å². The number of hydrogen-bond donors (Lipinski definition) is 1. The molecule has 0 saturated carbocycles. The van der Waals surface area contributed by atoms with Gasteiger partial charge in [-0.3, -0.25) is 0 Å². The molecule has 1 aromatic heterocycles. The molecule has 1 aromatic carbocycles. The third-order valence-corrected chi connectivity index (χ3v) is 3.22. The molecule has 19 heavy (non-hydrogen) atoms. The van der Waals surface area contributed by atoms with Crippen LogP contribution in [0.25, 0.3) is 0 Å². The third kappa shape index (κ3) is 3.67. The lowest BCUT2D eigenvalue weighted by atomic mass is 10.1. The first-order valence-corrected chi connectivity index (χ1v) is 6.91. The molecule has 0 saturated heterocycles. The van der Waals surface area contributed by atoms with Gasteiger partial charge in [-0.05, 0) is 17.9 Å². The molecule has 0 radical (unpaired) electrons. The molecule has 2 rings (SSSR count). The van der Waals surface area contributed by atoms with Crippen LogP contribution < -0.4 is 0 Å². The Labute approximate surface area is 114 Å². The number of aromatic nitrogens is 2. The molecule has 0 spiro atoms. The Morgan fingerprint density at radius 3 is 2.58 bits per heavy atom. The lowest BCUT2D eigenvalue weighted by Crippen LogP contribution is -2.05. The smallest absolute Gasteiger partial charge is 0.109 e. The van der Waals surface area contributed by atoms with Crippen molar-refractivity contribution >= 4 is 0 Å². The highest BCUT2D eigenvalue weighted by molar-refractivity contribution is 5.17. The summed E-state index contributed by atoms with van der Waals surface area (Å²) in [5, 5.41) is 8.99. The van der Waals surface area contributed by atoms with Gasteiger partial charge in [0.1, 0.15) is 5.82 Å². The van der Waals surface area contributed by atoms with Crippen molar-refractivity contribution in [1.29, 1.82) is 0 Å². The van der Waals surface area contributed by atoms with E-state index in [2.05, 4.69) is 48.9 Å². The lowest BCUT2D eigenvalue weighted by Gasteiger charge is -2.07. The van der Waals surface area contributed by atoms with E-state index in [-0.39, 0.29) is 6.61 Å². The lowest BCUT2D eigenvalue weighted by molar-refractivity contribution is 0.287. The Bertz CT molecular complexity index is 503. The van der Waals surface area contributed by atoms with Gasteiger partial charge in [0.15, 0.2) is 0 Å². The Kier molecular flexibility index (Phi) is 4.74. The van der Waals surface area contributed by atoms with E-state index in [0.29, 0.717) is 5.92 Å². The number of rotatable bonds is 6. The standard InChI is InChI=1S/C16H22N2O/c1-13(2)15-12-18(16(17-15)9-6-10-19)11-14-7-4-3-5-8-14/h3-5,7-8,12-13,19H,6,9-11H2,1-2H3. The fraction of sp³-hybridized carbons (Fsp3) is 0.438. The van der Waals surface area contributed by atoms with E-state index in [9.17, 15) is 0 Å². The summed E-state index contributed by atoms with van der Waals surface area (Å²) in [6.45, 7) is 5.38. The second-order valence-electron chi connectivity index (χ2n) is 5.18. The predicted molar refractivity (Wildman–Crippen MR) is 77.3 cm³/mol. The maximum absolute atomic E-state index is 8.99. The monoisotopic (exact) mass is 258 g/mol. The Balaban J connectivity index is 2.21. The summed E-state index contributed by atoms with van der Waals surface area (Å²) >= 11 is 0. The maximum Gasteiger partial charge on any atom is 0.109 e. The van der Waals surface area contributed by atoms with Gasteiger partial charge in [0, 0.05) is 25.8 Å². The van der Waals surface area contributed by atoms with Crippen molar-refractivity contribution in [2.24, 2.45) is 0 Å². The summed E-state index contributed by atoms with van der Waals surface area (Å²) in [6.07, 6.45) is 3.74. The largest absolute Gasteiger partial charge is 0.396 e. The van der Waals surface area contributed by atoms with Crippen LogP contribution in [-0.2, 0) is 13.0 Å². The minimum atomic E-state index is 0.217. The second-order valence-corrected chi connectivity index (χ2v) is 5.18. The summed E-state index contributed by atoms with van der Waals surface area (Å²) in [5.41, 5.74) is 2.41. The minimum absolute atomic E-state index is 0.217. The zero-order valence-electron chi connectivity index (χ0n) is 11.7. The molecule has 1 heterocycles. The highest BCUT2D eigenvalue weighted by Crippen LogP contribution is 2.16. The molecule has 3 nitrogen and oxygen atoms in total. The predicted octanol–water partition coefficient (Wildman–Crippen LogP) is 2.98. The SMILES string of the molecule is CC(C)c1cn(Cc2ccccc2)c(CCCO)n1. The van der Waals surface area contributed by atoms with E-state index in [1.807, 2.05) is 6.07 Å². The van der Waals surface area contributed by atoms with Gasteiger partial charge in [-0.15, -0.1) is 0 Å². The van der Waals surface area contributed by atoms with Gasteiger partial charge < -0.3 is 9.67 Å². The number of imidazole rings is 1. The van der Waals surface area contributed by atoms with Gasteiger partial charge in [0.05, 0.1) is 5.69 Å². The van der Waals surface area contributed by atoms with Gasteiger partial charge in [0.25, 0.3) is 0 Å². The summed E-state index contributed by atoms with van der Waals surface area (Å²) in [7, 11) is 0. The summed E-state index contributed by atoms with van der Waals surface area (Å²) in [5.74, 6) is 1.51. The molecule has 102 valence electrons. The van der Waals surface area contributed by atoms with E-state index >= 15 is 0 Å². The van der Waals surface area contributed by atoms with Crippen LogP contribution in [0.3, 0.4) is 0 Å². The molecule has 0 aliphatic rings. The number of nitrogens with zero attached hydrogens (tertiary/aromatic N) is 2. The number of aryl methyl sites for hydroxylation is 1. The molecule has 0 bridgehead atoms. The average molecular weight is 258 g/mol. The minimum Gasteiger partial charge on any atom is -0.396 e. The van der Waals surface area contributed by atoms with Crippen molar-refractivity contribution in [3.05, 3.63) is 53.6 Å². The zero-order chi connectivity index (χ0) is 13.7. The van der Waals surface area contributed by atoms with Crippen molar-refractivity contribution in [2.75, 3.05) is 6.61 Å². The van der Waals surface area contributed by atoms with Crippen LogP contribution >= 0.6 is 0 Å². The number of hydrogen-bond acceptors (Lipinski definition) is 2. The third-order valence-electron chi connectivity index (χ3n) is 3.22. The summed E-state index contributed by atoms with van der Waals surface area (Å²) in [6, 6.07) is 10.4. The van der Waals surface area contributed by atoms with Gasteiger partial charge in [-0.2, -0.15) is 0 Å². The molecular weight excluding hydrogens is 236 g/mol. The van der Waals surface area contributed by atoms with Gasteiger partial charge in [-0.25, -0.2) is 4.98 Å². The quantitative estimate of drug-likeness (QED) is 0.865. The van der Waals surface area contributed by atoms with E-state index in [1.165, 1.54) is 5.56 Å². The summed E-state index contributed by atoms with van der Waals surface area (Å²) in [4.78, 5) is 4.70. The Morgan fingerprint density at radius 2 is 1.95 bits per heavy atom. The van der Waals surface area contributed by atoms with Crippen molar-refractivity contribution < 1.29 is 5.11 Å². The van der Waals surface area contributed by atoms with Gasteiger partial charge in [0.2, 0.25) is 0 Å². The van der Waals surface area contributed by atoms with Crippen molar-refractivity contribution in [2.45, 2.75) is 39.2 Å². The van der Waals surface area contributed by atoms with Crippen LogP contribution in [0, 0.1) is 0 Å². The van der Waals surface area contributed by atoms with Gasteiger partial charge in [-0.1, -0.05) is 44.2 Å². The van der Waals surface area contributed by atoms with E-state index in [4.69, 9.17) is 10.1 Å². The molecule has 0 unspecified atom stereocenters. The second kappa shape index (κ2) is 6.53. The molecule has 0 amide bonds. The molecule has 2 aromatic rings. The topological polar surface area (TPSA) is 38.0 Å². The molecule has 0 fully saturated rings. The van der Waals surface area contributed by atoms with Crippen LogP contribution in [0.2, 0.25) is 0 Å². The highest BCUT2D eigenvalue weighted by atomic mass is 16.2. The molecule has 0 aliphatic heterocycles. The Hall–Kier alpha value is -1.61. The maximum atomic E-state index is 8.99. The first kappa shape index (κ1) is 13.8. The van der Waals surface area contributed by atoms with E-state index in [1.54, 1.807) is 0 Å². The molecule has 3 heteroatoms. The van der Waals surface area contributed by atoms with E-state index in [0.717, 1.165) is 30.9 Å². The van der Waals surface area contributed by atoms with Crippen LogP contribution in [0.5, 0.6) is 0 Å². The van der Waals surface area contributed by atoms with Crippen LogP contribution in [0.4, 0.5) is 0 Å². The van der Waals surface area contributed by atoms with Gasteiger partial charge >= 0.3 is 0 Å². The van der Waals surface area contributed by atoms with Crippen molar-refractivity contribution in [3.8, 4) is 0 Å². The fourth-order valence-corrected chi connectivity index (χ4v) is 2.11. The normalized spacial score (nSPS) is 11.2. The molecular formula is C16H22N2O. The summed E-state index contributed by atoms with van der Waals surface area (Å²) < 4.78 is 2.21. The number of aliphatic hydroxyl groups is 1. The van der Waals surface area contributed by atoms with Crippen LogP contribution in [0.15, 0.2) is 36.5 Å². The highest BCUT2D eigenvalue weighted by Gasteiger charge is 2.10. The first-order chi connectivity index (χ1) is 9.20. The first-order valence-electron chi connectivity index (χ1n) is 6.91. The zero-order valence-corrected chi connectivity index (χ0v) is 11.7. The average Bonchev–Trinajstić information content (AvgIpc) is 2.81. The fourth-order valence-electron chi connectivity index (χ4n) is 2.11.